The van der Waals surface area contributed by atoms with Gasteiger partial charge in [0.2, 0.25) is 0 Å². The number of carbonyl (C=O) groups is 1. The molecule has 1 aliphatic rings. The van der Waals surface area contributed by atoms with Crippen LogP contribution in [-0.4, -0.2) is 51.3 Å². The molecule has 1 saturated heterocycles. The lowest BCUT2D eigenvalue weighted by Crippen LogP contribution is -2.49. The van der Waals surface area contributed by atoms with Crippen molar-refractivity contribution in [1.29, 1.82) is 0 Å². The molecule has 132 valence electrons. The predicted molar refractivity (Wildman–Crippen MR) is 98.0 cm³/mol. The van der Waals surface area contributed by atoms with Crippen LogP contribution < -0.4 is 9.64 Å². The molecule has 5 nitrogen and oxygen atoms in total. The van der Waals surface area contributed by atoms with Crippen LogP contribution in [0.25, 0.3) is 0 Å². The van der Waals surface area contributed by atoms with Gasteiger partial charge >= 0.3 is 5.97 Å². The van der Waals surface area contributed by atoms with Gasteiger partial charge in [-0.15, -0.1) is 0 Å². The summed E-state index contributed by atoms with van der Waals surface area (Å²) in [6, 6.07) is 17.6. The molecular formula is C20H24N2O3. The normalized spacial score (nSPS) is 16.3. The van der Waals surface area contributed by atoms with E-state index in [1.807, 2.05) is 48.5 Å². The summed E-state index contributed by atoms with van der Waals surface area (Å²) in [7, 11) is 3.13. The molecule has 1 atom stereocenters. The molecule has 1 fully saturated rings. The summed E-state index contributed by atoms with van der Waals surface area (Å²) in [4.78, 5) is 16.9. The van der Waals surface area contributed by atoms with Crippen molar-refractivity contribution in [2.24, 2.45) is 0 Å². The smallest absolute Gasteiger partial charge is 0.327 e. The van der Waals surface area contributed by atoms with E-state index in [0.717, 1.165) is 43.2 Å². The maximum Gasteiger partial charge on any atom is 0.327 e. The van der Waals surface area contributed by atoms with Crippen LogP contribution in [0.2, 0.25) is 0 Å². The van der Waals surface area contributed by atoms with E-state index in [-0.39, 0.29) is 12.0 Å². The Bertz CT molecular complexity index is 697. The molecule has 0 spiro atoms. The third-order valence-corrected chi connectivity index (χ3v) is 4.64. The fraction of sp³-hybridized carbons (Fsp3) is 0.350. The molecule has 2 aromatic rings. The predicted octanol–water partition coefficient (Wildman–Crippen LogP) is 2.73. The third-order valence-electron chi connectivity index (χ3n) is 4.64. The van der Waals surface area contributed by atoms with Crippen molar-refractivity contribution < 1.29 is 14.3 Å². The molecular weight excluding hydrogens is 316 g/mol. The highest BCUT2D eigenvalue weighted by atomic mass is 16.5. The largest absolute Gasteiger partial charge is 0.497 e. The van der Waals surface area contributed by atoms with Crippen LogP contribution in [0.15, 0.2) is 54.6 Å². The van der Waals surface area contributed by atoms with Crippen molar-refractivity contribution in [3.63, 3.8) is 0 Å². The number of ether oxygens (including phenoxy) is 2. The molecule has 1 unspecified atom stereocenters. The molecule has 0 saturated carbocycles. The first-order valence-corrected chi connectivity index (χ1v) is 8.48. The summed E-state index contributed by atoms with van der Waals surface area (Å²) in [5.74, 6) is 0.651. The Morgan fingerprint density at radius 1 is 0.960 bits per heavy atom. The minimum atomic E-state index is -0.348. The van der Waals surface area contributed by atoms with Crippen molar-refractivity contribution in [2.75, 3.05) is 45.3 Å². The lowest BCUT2D eigenvalue weighted by Gasteiger charge is -2.39. The van der Waals surface area contributed by atoms with E-state index in [1.165, 1.54) is 7.11 Å². The van der Waals surface area contributed by atoms with Gasteiger partial charge < -0.3 is 14.4 Å². The third kappa shape index (κ3) is 3.94. The van der Waals surface area contributed by atoms with E-state index >= 15 is 0 Å². The van der Waals surface area contributed by atoms with Crippen molar-refractivity contribution >= 4 is 11.7 Å². The monoisotopic (exact) mass is 340 g/mol. The SMILES string of the molecule is COC(=O)C(c1ccccc1)N1CCN(c2cccc(OC)c2)CC1. The summed E-state index contributed by atoms with van der Waals surface area (Å²) in [5, 5.41) is 0. The first-order chi connectivity index (χ1) is 12.2. The Labute approximate surface area is 148 Å². The standard InChI is InChI=1S/C20H24N2O3/c1-24-18-10-6-9-17(15-18)21-11-13-22(14-12-21)19(20(23)25-2)16-7-4-3-5-8-16/h3-10,15,19H,11-14H2,1-2H3. The average molecular weight is 340 g/mol. The van der Waals surface area contributed by atoms with Crippen LogP contribution >= 0.6 is 0 Å². The van der Waals surface area contributed by atoms with Crippen molar-refractivity contribution in [2.45, 2.75) is 6.04 Å². The quantitative estimate of drug-likeness (QED) is 0.783. The summed E-state index contributed by atoms with van der Waals surface area (Å²) in [5.41, 5.74) is 2.12. The molecule has 1 heterocycles. The molecule has 0 bridgehead atoms. The topological polar surface area (TPSA) is 42.0 Å². The van der Waals surface area contributed by atoms with Crippen LogP contribution in [0.5, 0.6) is 5.75 Å². The molecule has 0 aliphatic carbocycles. The van der Waals surface area contributed by atoms with E-state index in [2.05, 4.69) is 15.9 Å². The van der Waals surface area contributed by atoms with E-state index in [9.17, 15) is 4.79 Å². The van der Waals surface area contributed by atoms with Gasteiger partial charge in [-0.3, -0.25) is 4.90 Å². The number of benzene rings is 2. The Morgan fingerprint density at radius 3 is 2.32 bits per heavy atom. The maximum atomic E-state index is 12.4. The van der Waals surface area contributed by atoms with E-state index in [0.29, 0.717) is 0 Å². The highest BCUT2D eigenvalue weighted by Gasteiger charge is 2.31. The van der Waals surface area contributed by atoms with Gasteiger partial charge in [-0.2, -0.15) is 0 Å². The maximum absolute atomic E-state index is 12.4. The zero-order chi connectivity index (χ0) is 17.6. The van der Waals surface area contributed by atoms with Crippen LogP contribution in [-0.2, 0) is 9.53 Å². The molecule has 2 aromatic carbocycles. The number of nitrogens with zero attached hydrogens (tertiary/aromatic N) is 2. The van der Waals surface area contributed by atoms with E-state index in [4.69, 9.17) is 9.47 Å². The highest BCUT2D eigenvalue weighted by molar-refractivity contribution is 5.77. The van der Waals surface area contributed by atoms with Crippen LogP contribution in [0, 0.1) is 0 Å². The molecule has 3 rings (SSSR count). The van der Waals surface area contributed by atoms with Gasteiger partial charge in [0.1, 0.15) is 11.8 Å². The zero-order valence-electron chi connectivity index (χ0n) is 14.7. The lowest BCUT2D eigenvalue weighted by atomic mass is 10.0. The molecule has 0 N–H and O–H groups in total. The van der Waals surface area contributed by atoms with Crippen LogP contribution in [0.4, 0.5) is 5.69 Å². The minimum absolute atomic E-state index is 0.207. The average Bonchev–Trinajstić information content (AvgIpc) is 2.69. The first kappa shape index (κ1) is 17.3. The van der Waals surface area contributed by atoms with Crippen molar-refractivity contribution in [1.82, 2.24) is 4.90 Å². The number of carbonyl (C=O) groups excluding carboxylic acids is 1. The number of hydrogen-bond acceptors (Lipinski definition) is 5. The minimum Gasteiger partial charge on any atom is -0.497 e. The molecule has 25 heavy (non-hydrogen) atoms. The number of anilines is 1. The fourth-order valence-electron chi connectivity index (χ4n) is 3.29. The molecule has 0 aromatic heterocycles. The number of piperazine rings is 1. The number of hydrogen-bond donors (Lipinski definition) is 0. The van der Waals surface area contributed by atoms with Crippen molar-refractivity contribution in [3.8, 4) is 5.75 Å². The lowest BCUT2D eigenvalue weighted by molar-refractivity contribution is -0.147. The Balaban J connectivity index is 1.72. The highest BCUT2D eigenvalue weighted by Crippen LogP contribution is 2.26. The molecule has 5 heteroatoms. The summed E-state index contributed by atoms with van der Waals surface area (Å²) < 4.78 is 10.4. The van der Waals surface area contributed by atoms with Gasteiger partial charge in [-0.05, 0) is 17.7 Å². The first-order valence-electron chi connectivity index (χ1n) is 8.48. The van der Waals surface area contributed by atoms with Gasteiger partial charge in [0.25, 0.3) is 0 Å². The van der Waals surface area contributed by atoms with Crippen LogP contribution in [0.1, 0.15) is 11.6 Å². The van der Waals surface area contributed by atoms with Gasteiger partial charge in [0.15, 0.2) is 0 Å². The second-order valence-corrected chi connectivity index (χ2v) is 6.06. The zero-order valence-corrected chi connectivity index (χ0v) is 14.7. The summed E-state index contributed by atoms with van der Waals surface area (Å²) in [6.45, 7) is 3.30. The second kappa shape index (κ2) is 8.03. The second-order valence-electron chi connectivity index (χ2n) is 6.06. The number of rotatable bonds is 5. The molecule has 1 aliphatic heterocycles. The summed E-state index contributed by atoms with van der Waals surface area (Å²) in [6.07, 6.45) is 0. The molecule has 0 amide bonds. The van der Waals surface area contributed by atoms with Gasteiger partial charge in [-0.1, -0.05) is 36.4 Å². The van der Waals surface area contributed by atoms with Gasteiger partial charge in [0, 0.05) is 37.9 Å². The Hall–Kier alpha value is -2.53. The van der Waals surface area contributed by atoms with Gasteiger partial charge in [-0.25, -0.2) is 4.79 Å². The number of esters is 1. The van der Waals surface area contributed by atoms with E-state index < -0.39 is 0 Å². The van der Waals surface area contributed by atoms with E-state index in [1.54, 1.807) is 7.11 Å². The Kier molecular flexibility index (Phi) is 5.56. The molecule has 0 radical (unpaired) electrons. The fourth-order valence-corrected chi connectivity index (χ4v) is 3.29. The number of methoxy groups -OCH3 is 2. The Morgan fingerprint density at radius 2 is 1.68 bits per heavy atom. The van der Waals surface area contributed by atoms with Crippen molar-refractivity contribution in [3.05, 3.63) is 60.2 Å². The van der Waals surface area contributed by atoms with Crippen LogP contribution in [0.3, 0.4) is 0 Å². The van der Waals surface area contributed by atoms with Gasteiger partial charge in [0.05, 0.1) is 14.2 Å². The summed E-state index contributed by atoms with van der Waals surface area (Å²) >= 11 is 0.